The van der Waals surface area contributed by atoms with Crippen molar-refractivity contribution < 1.29 is 14.3 Å². The Morgan fingerprint density at radius 2 is 1.02 bits per heavy atom. The number of carboxylic acids is 1. The summed E-state index contributed by atoms with van der Waals surface area (Å²) in [7, 11) is 0. The molecule has 7 nitrogen and oxygen atoms in total. The number of carbonyl (C=O) groups is 1. The van der Waals surface area contributed by atoms with Crippen molar-refractivity contribution in [3.05, 3.63) is 115 Å². The van der Waals surface area contributed by atoms with Gasteiger partial charge >= 0.3 is 11.2 Å². The Morgan fingerprint density at radius 3 is 1.45 bits per heavy atom. The number of hydrogen-bond donors (Lipinski definition) is 2. The Hall–Kier alpha value is -5.56. The highest BCUT2D eigenvalue weighted by Crippen LogP contribution is 2.40. The number of benzene rings is 5. The minimum Gasteiger partial charge on any atom is -0.545 e. The fourth-order valence-electron chi connectivity index (χ4n) is 6.24. The van der Waals surface area contributed by atoms with Crippen molar-refractivity contribution in [3.8, 4) is 11.1 Å². The van der Waals surface area contributed by atoms with E-state index in [2.05, 4.69) is 96.7 Å². The predicted octanol–water partition coefficient (Wildman–Crippen LogP) is 9.08. The Bertz CT molecular complexity index is 1900. The summed E-state index contributed by atoms with van der Waals surface area (Å²) in [5.74, 6) is -1.22. The second-order valence-corrected chi connectivity index (χ2v) is 11.4. The molecule has 0 atom stereocenters. The molecule has 6 rings (SSSR count). The zero-order valence-corrected chi connectivity index (χ0v) is 27.3. The zero-order chi connectivity index (χ0) is 32.9. The molecule has 0 fully saturated rings. The van der Waals surface area contributed by atoms with E-state index < -0.39 is 5.97 Å². The SMILES string of the molecule is CCN(CC)c1ccc(Nc2ccc3c(-c4ccccc4C(=O)[O-])c4ccc(Nc5ccc(N(CC)CC)cc5)cc4[o+]c3c2)cc1. The maximum atomic E-state index is 12.2. The highest BCUT2D eigenvalue weighted by molar-refractivity contribution is 6.12. The van der Waals surface area contributed by atoms with Gasteiger partial charge in [-0.15, -0.1) is 0 Å². The van der Waals surface area contributed by atoms with Crippen LogP contribution in [-0.4, -0.2) is 32.1 Å². The number of nitrogens with zero attached hydrogens (tertiary/aromatic N) is 2. The zero-order valence-electron chi connectivity index (χ0n) is 27.3. The standard InChI is InChI=1S/C40H40N4O3/c1-5-43(6-2)31-19-13-27(14-20-31)41-29-17-23-35-37(25-29)47-38-26-30(42-28-15-21-32(22-16-28)44(7-3)8-4)18-24-36(38)39(35)33-11-9-10-12-34(33)40(45)46/h9-26,41-42H,5-8H2,1-4H3. The molecule has 0 saturated carbocycles. The van der Waals surface area contributed by atoms with Gasteiger partial charge in [-0.2, -0.15) is 0 Å². The molecule has 0 bridgehead atoms. The van der Waals surface area contributed by atoms with Crippen molar-refractivity contribution in [2.75, 3.05) is 46.6 Å². The third-order valence-electron chi connectivity index (χ3n) is 8.71. The number of carboxylic acid groups (broad SMARTS) is 1. The molecule has 238 valence electrons. The second kappa shape index (κ2) is 13.8. The highest BCUT2D eigenvalue weighted by Gasteiger charge is 2.23. The summed E-state index contributed by atoms with van der Waals surface area (Å²) in [5, 5.41) is 20.8. The lowest BCUT2D eigenvalue weighted by Crippen LogP contribution is -2.23. The molecule has 0 radical (unpaired) electrons. The van der Waals surface area contributed by atoms with Crippen LogP contribution in [-0.2, 0) is 0 Å². The van der Waals surface area contributed by atoms with Crippen molar-refractivity contribution in [1.29, 1.82) is 0 Å². The highest BCUT2D eigenvalue weighted by atomic mass is 16.4. The van der Waals surface area contributed by atoms with Crippen LogP contribution in [0.1, 0.15) is 38.1 Å². The lowest BCUT2D eigenvalue weighted by Gasteiger charge is -2.21. The van der Waals surface area contributed by atoms with E-state index in [1.165, 1.54) is 11.4 Å². The molecule has 0 aliphatic heterocycles. The summed E-state index contributed by atoms with van der Waals surface area (Å²) in [6.45, 7) is 12.4. The lowest BCUT2D eigenvalue weighted by atomic mass is 9.93. The van der Waals surface area contributed by atoms with Gasteiger partial charge in [-0.3, -0.25) is 0 Å². The fraction of sp³-hybridized carbons (Fsp3) is 0.200. The average Bonchev–Trinajstić information content (AvgIpc) is 3.09. The molecule has 0 aliphatic carbocycles. The normalized spacial score (nSPS) is 11.1. The van der Waals surface area contributed by atoms with Crippen LogP contribution in [0.25, 0.3) is 33.1 Å². The van der Waals surface area contributed by atoms with Crippen molar-refractivity contribution in [2.45, 2.75) is 27.7 Å². The van der Waals surface area contributed by atoms with E-state index in [0.29, 0.717) is 16.7 Å². The number of rotatable bonds is 12. The summed E-state index contributed by atoms with van der Waals surface area (Å²) in [4.78, 5) is 16.8. The fourth-order valence-corrected chi connectivity index (χ4v) is 6.24. The molecule has 2 N–H and O–H groups in total. The largest absolute Gasteiger partial charge is 0.545 e. The summed E-state index contributed by atoms with van der Waals surface area (Å²) in [6, 6.07) is 35.6. The Kier molecular flexibility index (Phi) is 9.25. The molecule has 0 saturated heterocycles. The van der Waals surface area contributed by atoms with Crippen LogP contribution in [0.4, 0.5) is 34.1 Å². The third-order valence-corrected chi connectivity index (χ3v) is 8.71. The third kappa shape index (κ3) is 6.56. The molecule has 5 aromatic carbocycles. The Morgan fingerprint density at radius 1 is 0.596 bits per heavy atom. The first-order valence-corrected chi connectivity index (χ1v) is 16.3. The van der Waals surface area contributed by atoms with Gasteiger partial charge in [0.2, 0.25) is 0 Å². The predicted molar refractivity (Wildman–Crippen MR) is 194 cm³/mol. The number of aromatic carboxylic acids is 1. The molecule has 0 aliphatic rings. The summed E-state index contributed by atoms with van der Waals surface area (Å²) in [6.07, 6.45) is 0. The van der Waals surface area contributed by atoms with Crippen molar-refractivity contribution in [2.24, 2.45) is 0 Å². The summed E-state index contributed by atoms with van der Waals surface area (Å²) < 4.78 is 6.57. The van der Waals surface area contributed by atoms with Crippen LogP contribution in [0.2, 0.25) is 0 Å². The molecule has 7 heteroatoms. The first-order valence-electron chi connectivity index (χ1n) is 16.3. The lowest BCUT2D eigenvalue weighted by molar-refractivity contribution is -0.254. The van der Waals surface area contributed by atoms with Crippen molar-refractivity contribution >= 4 is 62.0 Å². The number of anilines is 6. The summed E-state index contributed by atoms with van der Waals surface area (Å²) >= 11 is 0. The van der Waals surface area contributed by atoms with Crippen LogP contribution in [0.5, 0.6) is 0 Å². The van der Waals surface area contributed by atoms with Crippen molar-refractivity contribution in [3.63, 3.8) is 0 Å². The van der Waals surface area contributed by atoms with Crippen LogP contribution in [0, 0.1) is 0 Å². The monoisotopic (exact) mass is 624 g/mol. The van der Waals surface area contributed by atoms with E-state index in [0.717, 1.165) is 65.3 Å². The molecule has 6 aromatic rings. The molecule has 0 spiro atoms. The minimum atomic E-state index is -1.22. The van der Waals surface area contributed by atoms with E-state index in [1.54, 1.807) is 12.1 Å². The number of carbonyl (C=O) groups excluding carboxylic acids is 1. The maximum absolute atomic E-state index is 12.2. The van der Waals surface area contributed by atoms with Gasteiger partial charge in [0.15, 0.2) is 0 Å². The van der Waals surface area contributed by atoms with Gasteiger partial charge in [0.1, 0.15) is 0 Å². The minimum absolute atomic E-state index is 0.132. The smallest absolute Gasteiger partial charge is 0.363 e. The van der Waals surface area contributed by atoms with Crippen LogP contribution in [0.3, 0.4) is 0 Å². The summed E-state index contributed by atoms with van der Waals surface area (Å²) in [5.41, 5.74) is 8.76. The van der Waals surface area contributed by atoms with E-state index in [1.807, 2.05) is 48.5 Å². The van der Waals surface area contributed by atoms with Gasteiger partial charge in [-0.1, -0.05) is 24.3 Å². The van der Waals surface area contributed by atoms with E-state index in [4.69, 9.17) is 4.42 Å². The molecular weight excluding hydrogens is 584 g/mol. The maximum Gasteiger partial charge on any atom is 0.363 e. The van der Waals surface area contributed by atoms with Gasteiger partial charge in [-0.25, -0.2) is 4.42 Å². The van der Waals surface area contributed by atoms with E-state index in [9.17, 15) is 9.90 Å². The molecule has 1 aromatic heterocycles. The topological polar surface area (TPSA) is 82.0 Å². The molecule has 1 heterocycles. The molecular formula is C40H40N4O3. The van der Waals surface area contributed by atoms with Gasteiger partial charge in [-0.05, 0) is 106 Å². The number of hydrogen-bond acceptors (Lipinski definition) is 6. The molecule has 0 amide bonds. The van der Waals surface area contributed by atoms with Gasteiger partial charge in [0.25, 0.3) is 0 Å². The average molecular weight is 625 g/mol. The first-order chi connectivity index (χ1) is 22.9. The molecule has 0 unspecified atom stereocenters. The molecule has 47 heavy (non-hydrogen) atoms. The van der Waals surface area contributed by atoms with Crippen LogP contribution < -0.4 is 25.5 Å². The van der Waals surface area contributed by atoms with Gasteiger partial charge < -0.3 is 30.3 Å². The number of fused-ring (bicyclic) bond motifs is 2. The Balaban J connectivity index is 1.42. The van der Waals surface area contributed by atoms with E-state index in [-0.39, 0.29) is 5.56 Å². The first kappa shape index (κ1) is 31.4. The quantitative estimate of drug-likeness (QED) is 0.104. The van der Waals surface area contributed by atoms with Crippen molar-refractivity contribution in [1.82, 2.24) is 0 Å². The Labute approximate surface area is 276 Å². The van der Waals surface area contributed by atoms with Gasteiger partial charge in [0, 0.05) is 71.4 Å². The van der Waals surface area contributed by atoms with Crippen LogP contribution in [0.15, 0.2) is 114 Å². The van der Waals surface area contributed by atoms with E-state index >= 15 is 0 Å². The van der Waals surface area contributed by atoms with Crippen LogP contribution >= 0.6 is 0 Å². The van der Waals surface area contributed by atoms with Gasteiger partial charge in [0.05, 0.1) is 28.9 Å². The number of nitrogens with one attached hydrogen (secondary N) is 2. The second-order valence-electron chi connectivity index (χ2n) is 11.4.